The van der Waals surface area contributed by atoms with Crippen LogP contribution in [0.3, 0.4) is 0 Å². The number of amides is 1. The molecule has 4 aromatic rings. The zero-order chi connectivity index (χ0) is 22.5. The summed E-state index contributed by atoms with van der Waals surface area (Å²) in [5, 5.41) is 7.61. The van der Waals surface area contributed by atoms with E-state index in [9.17, 15) is 4.79 Å². The number of H-pyrrole nitrogens is 1. The van der Waals surface area contributed by atoms with Crippen molar-refractivity contribution in [2.45, 2.75) is 19.9 Å². The standard InChI is InChI=1S/C26H25N3O2S/c1-17-18(2)32-26(29-25(30)20-9-5-4-6-10-20)23(17)24(28-22-11-7-8-16-27-22)19-12-14-21(31-3)15-13-19/h4-16,24H,1-3H3,(H,27,28)(H,29,30)/p+1/t24-/m1/s1. The quantitative estimate of drug-likeness (QED) is 0.388. The Balaban J connectivity index is 1.76. The van der Waals surface area contributed by atoms with E-state index in [-0.39, 0.29) is 11.9 Å². The van der Waals surface area contributed by atoms with Gasteiger partial charge in [0.05, 0.1) is 13.3 Å². The minimum absolute atomic E-state index is 0.118. The molecular formula is C26H26N3O2S+. The molecule has 32 heavy (non-hydrogen) atoms. The minimum atomic E-state index is -0.171. The SMILES string of the molecule is COc1ccc([C@@H](Nc2cccc[nH+]2)c2c(NC(=O)c3ccccc3)sc(C)c2C)cc1. The van der Waals surface area contributed by atoms with Crippen molar-refractivity contribution in [2.75, 3.05) is 17.7 Å². The van der Waals surface area contributed by atoms with E-state index in [0.29, 0.717) is 5.56 Å². The van der Waals surface area contributed by atoms with E-state index in [2.05, 4.69) is 41.6 Å². The Morgan fingerprint density at radius 2 is 1.69 bits per heavy atom. The maximum absolute atomic E-state index is 12.9. The van der Waals surface area contributed by atoms with Crippen molar-refractivity contribution in [3.8, 4) is 5.75 Å². The molecule has 0 fully saturated rings. The molecular weight excluding hydrogens is 418 g/mol. The molecule has 0 aliphatic carbocycles. The second-order valence-electron chi connectivity index (χ2n) is 7.47. The van der Waals surface area contributed by atoms with E-state index in [1.807, 2.05) is 66.9 Å². The molecule has 1 atom stereocenters. The maximum Gasteiger partial charge on any atom is 0.272 e. The Kier molecular flexibility index (Phi) is 6.52. The van der Waals surface area contributed by atoms with Crippen LogP contribution in [0, 0.1) is 13.8 Å². The number of benzene rings is 2. The smallest absolute Gasteiger partial charge is 0.272 e. The van der Waals surface area contributed by atoms with E-state index in [1.165, 1.54) is 4.88 Å². The molecule has 2 aromatic heterocycles. The van der Waals surface area contributed by atoms with Gasteiger partial charge < -0.3 is 10.1 Å². The maximum atomic E-state index is 12.9. The van der Waals surface area contributed by atoms with Crippen molar-refractivity contribution in [1.82, 2.24) is 0 Å². The van der Waals surface area contributed by atoms with E-state index in [4.69, 9.17) is 4.74 Å². The molecule has 1 amide bonds. The molecule has 0 bridgehead atoms. The number of hydrogen-bond acceptors (Lipinski definition) is 4. The zero-order valence-electron chi connectivity index (χ0n) is 18.3. The van der Waals surface area contributed by atoms with Gasteiger partial charge in [-0.15, -0.1) is 11.3 Å². The summed E-state index contributed by atoms with van der Waals surface area (Å²) in [6.07, 6.45) is 1.89. The number of rotatable bonds is 7. The summed E-state index contributed by atoms with van der Waals surface area (Å²) < 4.78 is 5.34. The Labute approximate surface area is 192 Å². The molecule has 0 saturated carbocycles. The topological polar surface area (TPSA) is 64.5 Å². The zero-order valence-corrected chi connectivity index (χ0v) is 19.1. The normalized spacial score (nSPS) is 11.6. The fourth-order valence-electron chi connectivity index (χ4n) is 3.61. The Morgan fingerprint density at radius 3 is 2.34 bits per heavy atom. The molecule has 0 radical (unpaired) electrons. The number of hydrogen-bond donors (Lipinski definition) is 2. The number of carbonyl (C=O) groups excluding carboxylic acids is 1. The van der Waals surface area contributed by atoms with Gasteiger partial charge in [-0.05, 0) is 49.7 Å². The second-order valence-corrected chi connectivity index (χ2v) is 8.70. The first-order valence-electron chi connectivity index (χ1n) is 10.4. The summed E-state index contributed by atoms with van der Waals surface area (Å²) in [6.45, 7) is 4.19. The third-order valence-electron chi connectivity index (χ3n) is 5.44. The highest BCUT2D eigenvalue weighted by Crippen LogP contribution is 2.41. The van der Waals surface area contributed by atoms with Crippen LogP contribution in [0.4, 0.5) is 10.8 Å². The van der Waals surface area contributed by atoms with Crippen LogP contribution in [0.2, 0.25) is 0 Å². The van der Waals surface area contributed by atoms with Crippen LogP contribution in [0.15, 0.2) is 79.0 Å². The van der Waals surface area contributed by atoms with Gasteiger partial charge in [-0.1, -0.05) is 36.4 Å². The predicted molar refractivity (Wildman–Crippen MR) is 130 cm³/mol. The molecule has 2 heterocycles. The molecule has 3 N–H and O–H groups in total. The van der Waals surface area contributed by atoms with Crippen LogP contribution in [0.25, 0.3) is 0 Å². The van der Waals surface area contributed by atoms with Crippen molar-refractivity contribution in [3.63, 3.8) is 0 Å². The van der Waals surface area contributed by atoms with Crippen LogP contribution in [0.5, 0.6) is 5.75 Å². The van der Waals surface area contributed by atoms with Crippen LogP contribution in [0.1, 0.15) is 38.0 Å². The summed E-state index contributed by atoms with van der Waals surface area (Å²) in [7, 11) is 1.66. The number of carbonyl (C=O) groups is 1. The number of aromatic amines is 1. The molecule has 4 rings (SSSR count). The Morgan fingerprint density at radius 1 is 0.969 bits per heavy atom. The van der Waals surface area contributed by atoms with Gasteiger partial charge in [0.2, 0.25) is 0 Å². The largest absolute Gasteiger partial charge is 0.497 e. The molecule has 5 nitrogen and oxygen atoms in total. The van der Waals surface area contributed by atoms with Crippen LogP contribution >= 0.6 is 11.3 Å². The van der Waals surface area contributed by atoms with Gasteiger partial charge in [0, 0.05) is 27.6 Å². The predicted octanol–water partition coefficient (Wildman–Crippen LogP) is 5.64. The lowest BCUT2D eigenvalue weighted by Gasteiger charge is -2.18. The number of nitrogens with one attached hydrogen (secondary N) is 3. The highest BCUT2D eigenvalue weighted by atomic mass is 32.1. The highest BCUT2D eigenvalue weighted by molar-refractivity contribution is 7.16. The van der Waals surface area contributed by atoms with Gasteiger partial charge in [0.1, 0.15) is 16.8 Å². The number of aryl methyl sites for hydroxylation is 1. The fraction of sp³-hybridized carbons (Fsp3) is 0.154. The fourth-order valence-corrected chi connectivity index (χ4v) is 4.70. The number of pyridine rings is 1. The van der Waals surface area contributed by atoms with Crippen molar-refractivity contribution >= 4 is 28.1 Å². The van der Waals surface area contributed by atoms with Crippen LogP contribution in [-0.4, -0.2) is 13.0 Å². The van der Waals surface area contributed by atoms with Crippen molar-refractivity contribution in [3.05, 3.63) is 106 Å². The summed E-state index contributed by atoms with van der Waals surface area (Å²) in [5.41, 5.74) is 3.91. The first kappa shape index (κ1) is 21.6. The average Bonchev–Trinajstić information content (AvgIpc) is 3.11. The van der Waals surface area contributed by atoms with Crippen molar-refractivity contribution in [2.24, 2.45) is 0 Å². The number of aromatic nitrogens is 1. The van der Waals surface area contributed by atoms with Gasteiger partial charge in [0.25, 0.3) is 11.7 Å². The number of thiophene rings is 1. The molecule has 6 heteroatoms. The molecule has 0 aliphatic rings. The summed E-state index contributed by atoms with van der Waals surface area (Å²) >= 11 is 1.60. The van der Waals surface area contributed by atoms with E-state index in [0.717, 1.165) is 33.3 Å². The Hall–Kier alpha value is -3.64. The van der Waals surface area contributed by atoms with Gasteiger partial charge in [-0.2, -0.15) is 0 Å². The van der Waals surface area contributed by atoms with Crippen LogP contribution in [-0.2, 0) is 0 Å². The van der Waals surface area contributed by atoms with E-state index < -0.39 is 0 Å². The summed E-state index contributed by atoms with van der Waals surface area (Å²) in [6, 6.07) is 23.0. The lowest BCUT2D eigenvalue weighted by atomic mass is 9.96. The van der Waals surface area contributed by atoms with E-state index >= 15 is 0 Å². The number of methoxy groups -OCH3 is 1. The average molecular weight is 445 g/mol. The van der Waals surface area contributed by atoms with Gasteiger partial charge >= 0.3 is 0 Å². The lowest BCUT2D eigenvalue weighted by Crippen LogP contribution is -2.21. The summed E-state index contributed by atoms with van der Waals surface area (Å²) in [4.78, 5) is 17.4. The molecule has 2 aromatic carbocycles. The first-order valence-corrected chi connectivity index (χ1v) is 11.2. The molecule has 0 unspecified atom stereocenters. The summed E-state index contributed by atoms with van der Waals surface area (Å²) in [5.74, 6) is 1.57. The monoisotopic (exact) mass is 444 g/mol. The minimum Gasteiger partial charge on any atom is -0.497 e. The van der Waals surface area contributed by atoms with Gasteiger partial charge in [-0.3, -0.25) is 10.1 Å². The van der Waals surface area contributed by atoms with Gasteiger partial charge in [0.15, 0.2) is 0 Å². The van der Waals surface area contributed by atoms with E-state index in [1.54, 1.807) is 18.4 Å². The third kappa shape index (κ3) is 4.65. The third-order valence-corrected chi connectivity index (χ3v) is 6.58. The molecule has 0 aliphatic heterocycles. The number of anilines is 2. The second kappa shape index (κ2) is 9.66. The lowest BCUT2D eigenvalue weighted by molar-refractivity contribution is -0.361. The van der Waals surface area contributed by atoms with Crippen molar-refractivity contribution in [1.29, 1.82) is 0 Å². The highest BCUT2D eigenvalue weighted by Gasteiger charge is 2.28. The molecule has 0 saturated heterocycles. The molecule has 0 spiro atoms. The van der Waals surface area contributed by atoms with Crippen molar-refractivity contribution < 1.29 is 14.5 Å². The van der Waals surface area contributed by atoms with Crippen LogP contribution < -0.4 is 20.4 Å². The van der Waals surface area contributed by atoms with Gasteiger partial charge in [-0.25, -0.2) is 4.98 Å². The first-order chi connectivity index (χ1) is 15.6. The Bertz CT molecular complexity index is 1190. The molecule has 162 valence electrons. The number of ether oxygens (including phenoxy) is 1.